The Bertz CT molecular complexity index is 383. The summed E-state index contributed by atoms with van der Waals surface area (Å²) in [6, 6.07) is 1.72. The molecule has 1 rings (SSSR count). The fourth-order valence-corrected chi connectivity index (χ4v) is 1.39. The van der Waals surface area contributed by atoms with Crippen LogP contribution in [0.2, 0.25) is 0 Å². The smallest absolute Gasteiger partial charge is 0.166 e. The minimum Gasteiger partial charge on any atom is -0.492 e. The maximum Gasteiger partial charge on any atom is 0.166 e. The van der Waals surface area contributed by atoms with Gasteiger partial charge in [0.2, 0.25) is 0 Å². The number of nitrogens with zero attached hydrogens (tertiary/aromatic N) is 1. The highest BCUT2D eigenvalue weighted by Gasteiger charge is 2.18. The molecular formula is C13H20N2O2. The van der Waals surface area contributed by atoms with Crippen LogP contribution in [0.4, 0.5) is 0 Å². The predicted molar refractivity (Wildman–Crippen MR) is 67.2 cm³/mol. The Morgan fingerprint density at radius 1 is 1.47 bits per heavy atom. The van der Waals surface area contributed by atoms with Crippen molar-refractivity contribution in [3.8, 4) is 5.75 Å². The number of hydrogen-bond acceptors (Lipinski definition) is 4. The van der Waals surface area contributed by atoms with Gasteiger partial charge in [-0.1, -0.05) is 6.92 Å². The zero-order valence-corrected chi connectivity index (χ0v) is 10.7. The molecule has 94 valence electrons. The quantitative estimate of drug-likeness (QED) is 0.769. The van der Waals surface area contributed by atoms with E-state index in [1.54, 1.807) is 18.5 Å². The highest BCUT2D eigenvalue weighted by atomic mass is 16.5. The second kappa shape index (κ2) is 5.77. The first-order valence-corrected chi connectivity index (χ1v) is 5.82. The molecule has 0 spiro atoms. The molecule has 0 amide bonds. The summed E-state index contributed by atoms with van der Waals surface area (Å²) >= 11 is 0. The van der Waals surface area contributed by atoms with Crippen molar-refractivity contribution >= 4 is 5.78 Å². The lowest BCUT2D eigenvalue weighted by molar-refractivity contribution is 0.0959. The van der Waals surface area contributed by atoms with Crippen LogP contribution in [0, 0.1) is 0 Å². The molecule has 2 N–H and O–H groups in total. The average molecular weight is 236 g/mol. The highest BCUT2D eigenvalue weighted by Crippen LogP contribution is 2.15. The van der Waals surface area contributed by atoms with Crippen molar-refractivity contribution in [1.29, 1.82) is 0 Å². The minimum atomic E-state index is -0.503. The van der Waals surface area contributed by atoms with Crippen LogP contribution >= 0.6 is 0 Å². The van der Waals surface area contributed by atoms with Gasteiger partial charge >= 0.3 is 0 Å². The fourth-order valence-electron chi connectivity index (χ4n) is 1.39. The number of aromatic nitrogens is 1. The number of pyridine rings is 1. The summed E-state index contributed by atoms with van der Waals surface area (Å²) < 4.78 is 5.43. The van der Waals surface area contributed by atoms with E-state index < -0.39 is 5.54 Å². The molecule has 0 aliphatic heterocycles. The molecule has 0 saturated heterocycles. The van der Waals surface area contributed by atoms with Gasteiger partial charge < -0.3 is 10.5 Å². The van der Waals surface area contributed by atoms with Crippen LogP contribution < -0.4 is 10.5 Å². The lowest BCUT2D eigenvalue weighted by Crippen LogP contribution is -2.34. The van der Waals surface area contributed by atoms with Crippen molar-refractivity contribution in [2.24, 2.45) is 5.73 Å². The van der Waals surface area contributed by atoms with Crippen LogP contribution in [0.3, 0.4) is 0 Å². The van der Waals surface area contributed by atoms with E-state index in [1.807, 2.05) is 20.8 Å². The zero-order chi connectivity index (χ0) is 12.9. The van der Waals surface area contributed by atoms with Gasteiger partial charge in [-0.05, 0) is 26.3 Å². The lowest BCUT2D eigenvalue weighted by atomic mass is 9.96. The monoisotopic (exact) mass is 236 g/mol. The van der Waals surface area contributed by atoms with Gasteiger partial charge in [0.15, 0.2) is 5.78 Å². The summed E-state index contributed by atoms with van der Waals surface area (Å²) in [5.74, 6) is 0.625. The highest BCUT2D eigenvalue weighted by molar-refractivity contribution is 5.96. The third-order valence-electron chi connectivity index (χ3n) is 2.12. The molecule has 0 bridgehead atoms. The first-order chi connectivity index (χ1) is 7.92. The summed E-state index contributed by atoms with van der Waals surface area (Å²) in [7, 11) is 0. The molecule has 0 fully saturated rings. The van der Waals surface area contributed by atoms with E-state index in [1.165, 1.54) is 0 Å². The van der Waals surface area contributed by atoms with E-state index in [9.17, 15) is 4.79 Å². The van der Waals surface area contributed by atoms with Gasteiger partial charge in [0.1, 0.15) is 5.75 Å². The van der Waals surface area contributed by atoms with E-state index in [4.69, 9.17) is 10.5 Å². The summed E-state index contributed by atoms with van der Waals surface area (Å²) in [6.07, 6.45) is 4.38. The van der Waals surface area contributed by atoms with E-state index in [0.29, 0.717) is 24.3 Å². The van der Waals surface area contributed by atoms with Gasteiger partial charge in [-0.3, -0.25) is 9.78 Å². The van der Waals surface area contributed by atoms with Gasteiger partial charge in [0.25, 0.3) is 0 Å². The maximum atomic E-state index is 11.9. The summed E-state index contributed by atoms with van der Waals surface area (Å²) in [6.45, 7) is 6.31. The summed E-state index contributed by atoms with van der Waals surface area (Å²) in [5.41, 5.74) is 5.87. The molecule has 0 aromatic carbocycles. The Morgan fingerprint density at radius 2 is 2.18 bits per heavy atom. The molecular weight excluding hydrogens is 216 g/mol. The SMILES string of the molecule is CCCOc1cncc(C(=O)CC(C)(C)N)c1. The number of ketones is 1. The van der Waals surface area contributed by atoms with Crippen molar-refractivity contribution in [2.75, 3.05) is 6.61 Å². The van der Waals surface area contributed by atoms with Gasteiger partial charge in [-0.2, -0.15) is 0 Å². The van der Waals surface area contributed by atoms with Gasteiger partial charge in [-0.15, -0.1) is 0 Å². The second-order valence-corrected chi connectivity index (χ2v) is 4.85. The van der Waals surface area contributed by atoms with Gasteiger partial charge in [0, 0.05) is 23.7 Å². The number of carbonyl (C=O) groups is 1. The fraction of sp³-hybridized carbons (Fsp3) is 0.538. The molecule has 4 heteroatoms. The zero-order valence-electron chi connectivity index (χ0n) is 10.7. The Balaban J connectivity index is 2.74. The summed E-state index contributed by atoms with van der Waals surface area (Å²) in [5, 5.41) is 0. The van der Waals surface area contributed by atoms with E-state index in [0.717, 1.165) is 6.42 Å². The molecule has 4 nitrogen and oxygen atoms in total. The van der Waals surface area contributed by atoms with Gasteiger partial charge in [-0.25, -0.2) is 0 Å². The van der Waals surface area contributed by atoms with Crippen LogP contribution in [0.25, 0.3) is 0 Å². The van der Waals surface area contributed by atoms with Crippen molar-refractivity contribution in [1.82, 2.24) is 4.98 Å². The predicted octanol–water partition coefficient (Wildman–Crippen LogP) is 2.18. The van der Waals surface area contributed by atoms with Crippen molar-refractivity contribution in [3.05, 3.63) is 24.0 Å². The third-order valence-corrected chi connectivity index (χ3v) is 2.12. The number of ether oxygens (including phenoxy) is 1. The van der Waals surface area contributed by atoms with Crippen molar-refractivity contribution in [2.45, 2.75) is 39.2 Å². The van der Waals surface area contributed by atoms with Crippen LogP contribution in [0.15, 0.2) is 18.5 Å². The lowest BCUT2D eigenvalue weighted by Gasteiger charge is -2.17. The molecule has 0 atom stereocenters. The Labute approximate surface area is 102 Å². The summed E-state index contributed by atoms with van der Waals surface area (Å²) in [4.78, 5) is 15.9. The molecule has 0 aliphatic carbocycles. The Kier molecular flexibility index (Phi) is 4.63. The van der Waals surface area contributed by atoms with Crippen molar-refractivity contribution < 1.29 is 9.53 Å². The normalized spacial score (nSPS) is 11.3. The minimum absolute atomic E-state index is 0.00746. The molecule has 0 unspecified atom stereocenters. The maximum absolute atomic E-state index is 11.9. The van der Waals surface area contributed by atoms with Crippen LogP contribution in [-0.2, 0) is 0 Å². The van der Waals surface area contributed by atoms with E-state index >= 15 is 0 Å². The Morgan fingerprint density at radius 3 is 2.76 bits per heavy atom. The largest absolute Gasteiger partial charge is 0.492 e. The first kappa shape index (κ1) is 13.6. The Hall–Kier alpha value is -1.42. The van der Waals surface area contributed by atoms with Crippen molar-refractivity contribution in [3.63, 3.8) is 0 Å². The van der Waals surface area contributed by atoms with Gasteiger partial charge in [0.05, 0.1) is 12.8 Å². The van der Waals surface area contributed by atoms with E-state index in [2.05, 4.69) is 4.98 Å². The number of Topliss-reactive ketones (excluding diaryl/α,β-unsaturated/α-hetero) is 1. The number of carbonyl (C=O) groups excluding carboxylic acids is 1. The molecule has 1 heterocycles. The third kappa shape index (κ3) is 4.95. The number of nitrogens with two attached hydrogens (primary N) is 1. The molecule has 17 heavy (non-hydrogen) atoms. The molecule has 1 aromatic rings. The van der Waals surface area contributed by atoms with Crippen LogP contribution in [0.5, 0.6) is 5.75 Å². The average Bonchev–Trinajstić information content (AvgIpc) is 2.24. The number of rotatable bonds is 6. The molecule has 0 aliphatic rings. The molecule has 0 saturated carbocycles. The first-order valence-electron chi connectivity index (χ1n) is 5.82. The van der Waals surface area contributed by atoms with E-state index in [-0.39, 0.29) is 5.78 Å². The topological polar surface area (TPSA) is 65.2 Å². The van der Waals surface area contributed by atoms with Crippen LogP contribution in [-0.4, -0.2) is 22.9 Å². The molecule has 0 radical (unpaired) electrons. The number of hydrogen-bond donors (Lipinski definition) is 1. The molecule has 1 aromatic heterocycles. The second-order valence-electron chi connectivity index (χ2n) is 4.85. The standard InChI is InChI=1S/C13H20N2O2/c1-4-5-17-11-6-10(8-15-9-11)12(16)7-13(2,3)14/h6,8-9H,4-5,7,14H2,1-3H3. The van der Waals surface area contributed by atoms with Crippen LogP contribution in [0.1, 0.15) is 44.0 Å².